The molecule has 0 aromatic heterocycles. The van der Waals surface area contributed by atoms with E-state index in [0.29, 0.717) is 11.8 Å². The molecule has 25 heavy (non-hydrogen) atoms. The maximum atomic E-state index is 13.8. The summed E-state index contributed by atoms with van der Waals surface area (Å²) in [5, 5.41) is 0. The minimum absolute atomic E-state index is 0.0910. The molecule has 132 valence electrons. The second kappa shape index (κ2) is 8.47. The van der Waals surface area contributed by atoms with E-state index in [2.05, 4.69) is 49.4 Å². The van der Waals surface area contributed by atoms with Gasteiger partial charge >= 0.3 is 0 Å². The number of unbranched alkanes of at least 4 members (excludes halogenated alkanes) is 2. The van der Waals surface area contributed by atoms with Gasteiger partial charge in [-0.2, -0.15) is 0 Å². The Kier molecular flexibility index (Phi) is 6.07. The van der Waals surface area contributed by atoms with Crippen molar-refractivity contribution in [2.24, 2.45) is 0 Å². The summed E-state index contributed by atoms with van der Waals surface area (Å²) in [7, 11) is 0. The lowest BCUT2D eigenvalue weighted by Crippen LogP contribution is -2.07. The van der Waals surface area contributed by atoms with Crippen LogP contribution in [0.5, 0.6) is 0 Å². The third-order valence-corrected chi connectivity index (χ3v) is 5.47. The number of benzene rings is 2. The van der Waals surface area contributed by atoms with E-state index in [9.17, 15) is 4.39 Å². The topological polar surface area (TPSA) is 0 Å². The average molecular weight is 336 g/mol. The van der Waals surface area contributed by atoms with Crippen LogP contribution in [0.15, 0.2) is 54.6 Å². The van der Waals surface area contributed by atoms with Crippen LogP contribution >= 0.6 is 0 Å². The first-order chi connectivity index (χ1) is 12.2. The summed E-state index contributed by atoms with van der Waals surface area (Å²) in [4.78, 5) is 0. The molecule has 0 aliphatic heterocycles. The lowest BCUT2D eigenvalue weighted by molar-refractivity contribution is 0.587. The van der Waals surface area contributed by atoms with Crippen molar-refractivity contribution in [3.05, 3.63) is 82.7 Å². The zero-order valence-corrected chi connectivity index (χ0v) is 15.5. The summed E-state index contributed by atoms with van der Waals surface area (Å²) in [6.07, 6.45) is 11.9. The van der Waals surface area contributed by atoms with E-state index >= 15 is 0 Å². The predicted molar refractivity (Wildman–Crippen MR) is 105 cm³/mol. The van der Waals surface area contributed by atoms with Crippen LogP contribution in [0.2, 0.25) is 0 Å². The Labute approximate surface area is 151 Å². The van der Waals surface area contributed by atoms with Crippen LogP contribution in [0, 0.1) is 12.7 Å². The number of allylic oxidation sites excluding steroid dienone is 2. The molecule has 0 spiro atoms. The highest BCUT2D eigenvalue weighted by molar-refractivity contribution is 5.33. The van der Waals surface area contributed by atoms with Gasteiger partial charge in [0, 0.05) is 11.8 Å². The van der Waals surface area contributed by atoms with Gasteiger partial charge in [-0.25, -0.2) is 4.39 Å². The van der Waals surface area contributed by atoms with Gasteiger partial charge < -0.3 is 0 Å². The maximum absolute atomic E-state index is 13.8. The van der Waals surface area contributed by atoms with Crippen molar-refractivity contribution in [3.63, 3.8) is 0 Å². The Hall–Kier alpha value is -1.89. The predicted octanol–water partition coefficient (Wildman–Crippen LogP) is 7.08. The van der Waals surface area contributed by atoms with E-state index in [1.54, 1.807) is 6.07 Å². The molecule has 2 aromatic rings. The molecule has 2 atom stereocenters. The smallest absolute Gasteiger partial charge is 0.126 e. The van der Waals surface area contributed by atoms with Gasteiger partial charge in [0.1, 0.15) is 5.82 Å². The summed E-state index contributed by atoms with van der Waals surface area (Å²) in [6.45, 7) is 4.06. The van der Waals surface area contributed by atoms with Gasteiger partial charge in [0.2, 0.25) is 0 Å². The highest BCUT2D eigenvalue weighted by Gasteiger charge is 2.19. The van der Waals surface area contributed by atoms with Crippen molar-refractivity contribution in [1.82, 2.24) is 0 Å². The summed E-state index contributed by atoms with van der Waals surface area (Å²) in [5.41, 5.74) is 4.68. The van der Waals surface area contributed by atoms with Crippen LogP contribution in [0.1, 0.15) is 73.1 Å². The Morgan fingerprint density at radius 2 is 1.52 bits per heavy atom. The summed E-state index contributed by atoms with van der Waals surface area (Å²) in [5.74, 6) is 0.752. The van der Waals surface area contributed by atoms with E-state index in [-0.39, 0.29) is 5.82 Å². The van der Waals surface area contributed by atoms with E-state index in [1.165, 1.54) is 36.8 Å². The molecule has 0 amide bonds. The van der Waals surface area contributed by atoms with Gasteiger partial charge in [0.15, 0.2) is 0 Å². The van der Waals surface area contributed by atoms with Gasteiger partial charge in [-0.15, -0.1) is 0 Å². The normalized spacial score (nSPS) is 20.0. The largest absolute Gasteiger partial charge is 0.207 e. The Morgan fingerprint density at radius 1 is 0.880 bits per heavy atom. The summed E-state index contributed by atoms with van der Waals surface area (Å²) >= 11 is 0. The monoisotopic (exact) mass is 336 g/mol. The first-order valence-electron chi connectivity index (χ1n) is 9.70. The molecule has 0 heterocycles. The van der Waals surface area contributed by atoms with Crippen LogP contribution in [-0.4, -0.2) is 0 Å². The van der Waals surface area contributed by atoms with Crippen LogP contribution in [-0.2, 0) is 6.42 Å². The molecule has 2 aromatic carbocycles. The Balaban J connectivity index is 1.63. The van der Waals surface area contributed by atoms with Crippen molar-refractivity contribution < 1.29 is 4.39 Å². The molecule has 0 saturated heterocycles. The minimum Gasteiger partial charge on any atom is -0.207 e. The molecule has 0 bridgehead atoms. The molecule has 1 aliphatic carbocycles. The number of hydrogen-bond acceptors (Lipinski definition) is 0. The molecule has 0 N–H and O–H groups in total. The summed E-state index contributed by atoms with van der Waals surface area (Å²) in [6, 6.07) is 14.8. The second-order valence-electron chi connectivity index (χ2n) is 7.38. The van der Waals surface area contributed by atoms with E-state index < -0.39 is 0 Å². The molecule has 1 aliphatic rings. The van der Waals surface area contributed by atoms with Crippen molar-refractivity contribution in [3.8, 4) is 0 Å². The number of hydrogen-bond donors (Lipinski definition) is 0. The summed E-state index contributed by atoms with van der Waals surface area (Å²) < 4.78 is 13.8. The number of halogens is 1. The first kappa shape index (κ1) is 17.9. The quantitative estimate of drug-likeness (QED) is 0.390. The highest BCUT2D eigenvalue weighted by Crippen LogP contribution is 2.35. The fraction of sp³-hybridized carbons (Fsp3) is 0.417. The van der Waals surface area contributed by atoms with E-state index in [4.69, 9.17) is 0 Å². The van der Waals surface area contributed by atoms with Gasteiger partial charge in [0.05, 0.1) is 0 Å². The first-order valence-corrected chi connectivity index (χ1v) is 9.70. The zero-order chi connectivity index (χ0) is 17.6. The van der Waals surface area contributed by atoms with Gasteiger partial charge in [0.25, 0.3) is 0 Å². The van der Waals surface area contributed by atoms with Crippen molar-refractivity contribution in [1.29, 1.82) is 0 Å². The maximum Gasteiger partial charge on any atom is 0.126 e. The molecular weight excluding hydrogens is 307 g/mol. The van der Waals surface area contributed by atoms with Crippen molar-refractivity contribution >= 4 is 0 Å². The third kappa shape index (κ3) is 4.60. The van der Waals surface area contributed by atoms with Crippen LogP contribution in [0.3, 0.4) is 0 Å². The SMILES string of the molecule is CCCCCc1ccc(C2C=CC(c3ccc(C)c(F)c3)CC2)cc1. The molecule has 0 fully saturated rings. The van der Waals surface area contributed by atoms with Gasteiger partial charge in [-0.05, 0) is 60.9 Å². The van der Waals surface area contributed by atoms with Crippen molar-refractivity contribution in [2.75, 3.05) is 0 Å². The number of rotatable bonds is 6. The van der Waals surface area contributed by atoms with Crippen LogP contribution in [0.25, 0.3) is 0 Å². The third-order valence-electron chi connectivity index (χ3n) is 5.47. The number of aryl methyl sites for hydroxylation is 2. The Bertz CT molecular complexity index is 711. The molecule has 0 nitrogen and oxygen atoms in total. The molecular formula is C24H29F. The fourth-order valence-electron chi connectivity index (χ4n) is 3.73. The van der Waals surface area contributed by atoms with Crippen molar-refractivity contribution in [2.45, 2.75) is 64.2 Å². The standard InChI is InChI=1S/C24H29F/c1-3-4-5-6-19-8-11-20(12-9-19)21-13-15-22(16-14-21)23-10-7-18(2)24(25)17-23/h7-13,15,17,21-22H,3-6,14,16H2,1-2H3. The Morgan fingerprint density at radius 3 is 2.12 bits per heavy atom. The van der Waals surface area contributed by atoms with Gasteiger partial charge in [-0.1, -0.05) is 68.3 Å². The highest BCUT2D eigenvalue weighted by atomic mass is 19.1. The second-order valence-corrected chi connectivity index (χ2v) is 7.38. The average Bonchev–Trinajstić information content (AvgIpc) is 2.65. The molecule has 0 radical (unpaired) electrons. The minimum atomic E-state index is -0.0910. The van der Waals surface area contributed by atoms with E-state index in [1.807, 2.05) is 13.0 Å². The van der Waals surface area contributed by atoms with Crippen LogP contribution < -0.4 is 0 Å². The lowest BCUT2D eigenvalue weighted by Gasteiger charge is -2.24. The molecule has 2 unspecified atom stereocenters. The molecule has 3 rings (SSSR count). The lowest BCUT2D eigenvalue weighted by atomic mass is 9.81. The van der Waals surface area contributed by atoms with E-state index in [0.717, 1.165) is 24.0 Å². The zero-order valence-electron chi connectivity index (χ0n) is 15.5. The van der Waals surface area contributed by atoms with Gasteiger partial charge in [-0.3, -0.25) is 0 Å². The fourth-order valence-corrected chi connectivity index (χ4v) is 3.73. The molecule has 1 heteroatoms. The van der Waals surface area contributed by atoms with Crippen LogP contribution in [0.4, 0.5) is 4.39 Å². The molecule has 0 saturated carbocycles.